The van der Waals surface area contributed by atoms with Gasteiger partial charge in [0.2, 0.25) is 0 Å². The molecule has 2 amide bonds. The van der Waals surface area contributed by atoms with Crippen molar-refractivity contribution in [2.45, 2.75) is 25.8 Å². The molecule has 1 aromatic carbocycles. The number of ether oxygens (including phenoxy) is 2. The minimum atomic E-state index is -0.316. The molecule has 1 saturated heterocycles. The monoisotopic (exact) mass is 399 g/mol. The van der Waals surface area contributed by atoms with Gasteiger partial charge < -0.3 is 25.0 Å². The van der Waals surface area contributed by atoms with Crippen LogP contribution in [0.3, 0.4) is 0 Å². The molecule has 2 aromatic rings. The zero-order valence-electron chi connectivity index (χ0n) is 16.6. The van der Waals surface area contributed by atoms with E-state index < -0.39 is 0 Å². The van der Waals surface area contributed by atoms with Gasteiger partial charge in [-0.25, -0.2) is 4.79 Å². The van der Waals surface area contributed by atoms with E-state index in [1.54, 1.807) is 48.2 Å². The van der Waals surface area contributed by atoms with E-state index in [4.69, 9.17) is 9.47 Å². The van der Waals surface area contributed by atoms with Crippen molar-refractivity contribution in [2.24, 2.45) is 0 Å². The van der Waals surface area contributed by atoms with E-state index in [0.717, 1.165) is 12.8 Å². The summed E-state index contributed by atoms with van der Waals surface area (Å²) in [5.41, 5.74) is 0.423. The molecule has 0 spiro atoms. The number of amides is 2. The fourth-order valence-corrected chi connectivity index (χ4v) is 3.12. The highest BCUT2D eigenvalue weighted by molar-refractivity contribution is 6.05. The maximum Gasteiger partial charge on any atom is 0.409 e. The van der Waals surface area contributed by atoms with Gasteiger partial charge in [-0.3, -0.25) is 4.79 Å². The van der Waals surface area contributed by atoms with Crippen LogP contribution in [0.25, 0.3) is 0 Å². The van der Waals surface area contributed by atoms with E-state index in [1.807, 2.05) is 0 Å². The second-order valence-electron chi connectivity index (χ2n) is 6.56. The van der Waals surface area contributed by atoms with E-state index >= 15 is 0 Å². The number of para-hydroxylation sites is 1. The van der Waals surface area contributed by atoms with Crippen LogP contribution in [0.1, 0.15) is 30.1 Å². The van der Waals surface area contributed by atoms with Gasteiger partial charge in [0.25, 0.3) is 5.91 Å². The second kappa shape index (κ2) is 9.72. The topological polar surface area (TPSA) is 106 Å². The third-order valence-electron chi connectivity index (χ3n) is 4.63. The van der Waals surface area contributed by atoms with Crippen molar-refractivity contribution >= 4 is 23.6 Å². The second-order valence-corrected chi connectivity index (χ2v) is 6.56. The molecular weight excluding hydrogens is 374 g/mol. The van der Waals surface area contributed by atoms with Gasteiger partial charge in [-0.05, 0) is 44.0 Å². The summed E-state index contributed by atoms with van der Waals surface area (Å²) in [5.74, 6) is 1.15. The SMILES string of the molecule is CCOC(=O)N1CCC(Nc2ccc(NC(=O)c3ccccc3OC)nn2)CC1. The van der Waals surface area contributed by atoms with Crippen LogP contribution in [-0.2, 0) is 4.74 Å². The number of rotatable bonds is 6. The lowest BCUT2D eigenvalue weighted by atomic mass is 10.1. The fraction of sp³-hybridized carbons (Fsp3) is 0.400. The van der Waals surface area contributed by atoms with Crippen molar-refractivity contribution in [3.8, 4) is 5.75 Å². The van der Waals surface area contributed by atoms with Crippen molar-refractivity contribution < 1.29 is 19.1 Å². The molecular formula is C20H25N5O4. The zero-order chi connectivity index (χ0) is 20.6. The summed E-state index contributed by atoms with van der Waals surface area (Å²) in [6.45, 7) is 3.45. The number of hydrogen-bond acceptors (Lipinski definition) is 7. The summed E-state index contributed by atoms with van der Waals surface area (Å²) < 4.78 is 10.2. The molecule has 154 valence electrons. The Kier molecular flexibility index (Phi) is 6.83. The highest BCUT2D eigenvalue weighted by atomic mass is 16.6. The standard InChI is InChI=1S/C20H25N5O4/c1-3-29-20(27)25-12-10-14(11-13-25)21-17-8-9-18(24-23-17)22-19(26)15-6-4-5-7-16(15)28-2/h4-9,14H,3,10-13H2,1-2H3,(H,21,23)(H,22,24,26). The largest absolute Gasteiger partial charge is 0.496 e. The quantitative estimate of drug-likeness (QED) is 0.769. The smallest absolute Gasteiger partial charge is 0.409 e. The molecule has 0 saturated carbocycles. The Morgan fingerprint density at radius 2 is 1.79 bits per heavy atom. The highest BCUT2D eigenvalue weighted by Crippen LogP contribution is 2.19. The number of likely N-dealkylation sites (tertiary alicyclic amines) is 1. The molecule has 0 bridgehead atoms. The number of nitrogens with one attached hydrogen (secondary N) is 2. The number of piperidine rings is 1. The van der Waals surface area contributed by atoms with Crippen LogP contribution in [0, 0.1) is 0 Å². The molecule has 1 aliphatic rings. The lowest BCUT2D eigenvalue weighted by Crippen LogP contribution is -2.42. The molecule has 1 fully saturated rings. The number of anilines is 2. The molecule has 0 atom stereocenters. The van der Waals surface area contributed by atoms with Gasteiger partial charge in [0.1, 0.15) is 11.6 Å². The predicted octanol–water partition coefficient (Wildman–Crippen LogP) is 2.77. The number of aromatic nitrogens is 2. The van der Waals surface area contributed by atoms with Crippen molar-refractivity contribution in [1.29, 1.82) is 0 Å². The molecule has 2 N–H and O–H groups in total. The van der Waals surface area contributed by atoms with E-state index in [1.165, 1.54) is 7.11 Å². The van der Waals surface area contributed by atoms with E-state index in [2.05, 4.69) is 20.8 Å². The number of hydrogen-bond donors (Lipinski definition) is 2. The van der Waals surface area contributed by atoms with Crippen LogP contribution < -0.4 is 15.4 Å². The predicted molar refractivity (Wildman–Crippen MR) is 108 cm³/mol. The summed E-state index contributed by atoms with van der Waals surface area (Å²) in [5, 5.41) is 14.2. The average molecular weight is 399 g/mol. The first-order chi connectivity index (χ1) is 14.1. The van der Waals surface area contributed by atoms with E-state index in [-0.39, 0.29) is 18.0 Å². The lowest BCUT2D eigenvalue weighted by Gasteiger charge is -2.31. The first-order valence-corrected chi connectivity index (χ1v) is 9.57. The average Bonchev–Trinajstić information content (AvgIpc) is 2.75. The molecule has 9 nitrogen and oxygen atoms in total. The Morgan fingerprint density at radius 1 is 1.10 bits per heavy atom. The van der Waals surface area contributed by atoms with Crippen LogP contribution in [0.2, 0.25) is 0 Å². The van der Waals surface area contributed by atoms with Gasteiger partial charge in [0.15, 0.2) is 5.82 Å². The number of carbonyl (C=O) groups is 2. The summed E-state index contributed by atoms with van der Waals surface area (Å²) in [4.78, 5) is 25.9. The molecule has 9 heteroatoms. The van der Waals surface area contributed by atoms with Crippen molar-refractivity contribution in [3.05, 3.63) is 42.0 Å². The molecule has 0 aliphatic carbocycles. The minimum Gasteiger partial charge on any atom is -0.496 e. The Hall–Kier alpha value is -3.36. The van der Waals surface area contributed by atoms with Gasteiger partial charge in [-0.15, -0.1) is 10.2 Å². The first kappa shape index (κ1) is 20.4. The minimum absolute atomic E-state index is 0.198. The maximum atomic E-state index is 12.4. The van der Waals surface area contributed by atoms with Gasteiger partial charge in [-0.2, -0.15) is 0 Å². The molecule has 0 radical (unpaired) electrons. The number of benzene rings is 1. The highest BCUT2D eigenvalue weighted by Gasteiger charge is 2.23. The Morgan fingerprint density at radius 3 is 2.45 bits per heavy atom. The number of nitrogens with zero attached hydrogens (tertiary/aromatic N) is 3. The third kappa shape index (κ3) is 5.34. The molecule has 1 aliphatic heterocycles. The van der Waals surface area contributed by atoms with Crippen LogP contribution >= 0.6 is 0 Å². The van der Waals surface area contributed by atoms with Crippen molar-refractivity contribution in [1.82, 2.24) is 15.1 Å². The Bertz CT molecular complexity index is 835. The number of methoxy groups -OCH3 is 1. The van der Waals surface area contributed by atoms with Crippen molar-refractivity contribution in [2.75, 3.05) is 37.4 Å². The summed E-state index contributed by atoms with van der Waals surface area (Å²) in [6.07, 6.45) is 1.33. The third-order valence-corrected chi connectivity index (χ3v) is 4.63. The van der Waals surface area contributed by atoms with E-state index in [0.29, 0.717) is 42.6 Å². The lowest BCUT2D eigenvalue weighted by molar-refractivity contribution is 0.0981. The molecule has 0 unspecified atom stereocenters. The summed E-state index contributed by atoms with van der Waals surface area (Å²) in [7, 11) is 1.52. The summed E-state index contributed by atoms with van der Waals surface area (Å²) >= 11 is 0. The molecule has 29 heavy (non-hydrogen) atoms. The molecule has 1 aromatic heterocycles. The Labute approximate surface area is 169 Å². The van der Waals surface area contributed by atoms with Gasteiger partial charge in [0.05, 0.1) is 19.3 Å². The van der Waals surface area contributed by atoms with Gasteiger partial charge >= 0.3 is 6.09 Å². The zero-order valence-corrected chi connectivity index (χ0v) is 16.6. The fourth-order valence-electron chi connectivity index (χ4n) is 3.12. The number of carbonyl (C=O) groups excluding carboxylic acids is 2. The first-order valence-electron chi connectivity index (χ1n) is 9.57. The maximum absolute atomic E-state index is 12.4. The van der Waals surface area contributed by atoms with Gasteiger partial charge in [-0.1, -0.05) is 12.1 Å². The normalized spacial score (nSPS) is 14.2. The molecule has 2 heterocycles. The van der Waals surface area contributed by atoms with Crippen LogP contribution in [-0.4, -0.2) is 59.9 Å². The van der Waals surface area contributed by atoms with Gasteiger partial charge in [0, 0.05) is 19.1 Å². The van der Waals surface area contributed by atoms with Crippen molar-refractivity contribution in [3.63, 3.8) is 0 Å². The van der Waals surface area contributed by atoms with Crippen LogP contribution in [0.4, 0.5) is 16.4 Å². The summed E-state index contributed by atoms with van der Waals surface area (Å²) in [6, 6.07) is 10.6. The van der Waals surface area contributed by atoms with Crippen LogP contribution in [0.5, 0.6) is 5.75 Å². The van der Waals surface area contributed by atoms with E-state index in [9.17, 15) is 9.59 Å². The van der Waals surface area contributed by atoms with Crippen LogP contribution in [0.15, 0.2) is 36.4 Å². The molecule has 3 rings (SSSR count). The Balaban J connectivity index is 1.52.